The van der Waals surface area contributed by atoms with Crippen molar-refractivity contribution in [3.05, 3.63) is 24.1 Å². The van der Waals surface area contributed by atoms with Crippen molar-refractivity contribution in [1.29, 1.82) is 0 Å². The predicted molar refractivity (Wildman–Crippen MR) is 192 cm³/mol. The summed E-state index contributed by atoms with van der Waals surface area (Å²) in [5.41, 5.74) is 5.71. The lowest BCUT2D eigenvalue weighted by Crippen LogP contribution is -2.53. The molecule has 4 aliphatic heterocycles. The molecule has 8 N–H and O–H groups in total. The van der Waals surface area contributed by atoms with Crippen molar-refractivity contribution in [2.24, 2.45) is 5.73 Å². The van der Waals surface area contributed by atoms with Crippen molar-refractivity contribution >= 4 is 29.7 Å². The number of carbonyl (C=O) groups excluding carboxylic acids is 5. The van der Waals surface area contributed by atoms with Gasteiger partial charge in [-0.25, -0.2) is 4.79 Å². The molecule has 17 nitrogen and oxygen atoms in total. The number of esters is 1. The fourth-order valence-corrected chi connectivity index (χ4v) is 6.92. The van der Waals surface area contributed by atoms with Gasteiger partial charge in [-0.05, 0) is 37.8 Å². The van der Waals surface area contributed by atoms with Crippen molar-refractivity contribution < 1.29 is 58.2 Å². The molecule has 17 heteroatoms. The zero-order valence-electron chi connectivity index (χ0n) is 31.2. The molecular formula is C37H59N5O12. The standard InChI is InChI=1S/C37H59N5O12/c1-2-3-4-5-6-7-8-9-10-11-12-13-17-29(45)51-27-22-25(52-35(27)42-20-18-28(44)41-37(42)50)31(32(38)47)54-36-30(46)24(43)21-26(53-36)34(49)40-23-16-14-15-19-39-33(23)48/h18,20-21,23-25,27-28,30-31,35-36,43-44,46H,2-17,19,22H2,1H3,(H2,38,47)(H,39,48)(H,40,49)(H,41,50)/t23-,24-,25-,27+,28?,30-,31+,35+,36+/m0/s1. The molecule has 9 atom stereocenters. The third-order valence-corrected chi connectivity index (χ3v) is 9.98. The van der Waals surface area contributed by atoms with E-state index in [2.05, 4.69) is 22.9 Å². The first-order valence-corrected chi connectivity index (χ1v) is 19.6. The monoisotopic (exact) mass is 765 g/mol. The molecule has 5 amide bonds. The molecular weight excluding hydrogens is 706 g/mol. The van der Waals surface area contributed by atoms with E-state index >= 15 is 0 Å². The SMILES string of the molecule is CCCCCCCCCCCCCCC(=O)O[C@@H]1C[C@@H]([C@@H](O[C@H]2OC(C(=O)N[C@H]3CCCCNC3=O)=C[C@H](O)[C@@H]2O)C(N)=O)O[C@H]1N1C=CC(O)NC1=O. The number of hydrogen-bond donors (Lipinski definition) is 7. The van der Waals surface area contributed by atoms with Crippen LogP contribution in [0.15, 0.2) is 24.1 Å². The number of rotatable bonds is 21. The molecule has 4 rings (SSSR count). The Morgan fingerprint density at radius 3 is 2.31 bits per heavy atom. The van der Waals surface area contributed by atoms with Crippen LogP contribution in [0.1, 0.15) is 116 Å². The highest BCUT2D eigenvalue weighted by Gasteiger charge is 2.50. The zero-order chi connectivity index (χ0) is 39.0. The van der Waals surface area contributed by atoms with Gasteiger partial charge in [0.05, 0.1) is 6.10 Å². The van der Waals surface area contributed by atoms with Gasteiger partial charge in [0, 0.05) is 25.6 Å². The fourth-order valence-electron chi connectivity index (χ4n) is 6.92. The number of carbonyl (C=O) groups is 5. The van der Waals surface area contributed by atoms with E-state index in [0.717, 1.165) is 43.1 Å². The van der Waals surface area contributed by atoms with Crippen molar-refractivity contribution in [2.75, 3.05) is 6.54 Å². The Morgan fingerprint density at radius 2 is 1.67 bits per heavy atom. The van der Waals surface area contributed by atoms with Crippen LogP contribution < -0.4 is 21.7 Å². The van der Waals surface area contributed by atoms with Crippen LogP contribution in [0.2, 0.25) is 0 Å². The van der Waals surface area contributed by atoms with Crippen molar-refractivity contribution in [2.45, 2.75) is 171 Å². The van der Waals surface area contributed by atoms with Crippen LogP contribution in [-0.4, -0.2) is 112 Å². The summed E-state index contributed by atoms with van der Waals surface area (Å²) < 4.78 is 23.2. The lowest BCUT2D eigenvalue weighted by Gasteiger charge is -2.35. The number of nitrogens with two attached hydrogens (primary N) is 1. The van der Waals surface area contributed by atoms with Gasteiger partial charge in [-0.15, -0.1) is 0 Å². The number of unbranched alkanes of at least 4 members (excludes halogenated alkanes) is 11. The van der Waals surface area contributed by atoms with E-state index in [-0.39, 0.29) is 18.7 Å². The largest absolute Gasteiger partial charge is 0.457 e. The third kappa shape index (κ3) is 12.9. The number of hydrogen-bond acceptors (Lipinski definition) is 12. The molecule has 4 heterocycles. The minimum Gasteiger partial charge on any atom is -0.457 e. The van der Waals surface area contributed by atoms with Crippen LogP contribution in [0.4, 0.5) is 4.79 Å². The van der Waals surface area contributed by atoms with E-state index in [1.807, 2.05) is 0 Å². The minimum atomic E-state index is -1.80. The number of ether oxygens (including phenoxy) is 4. The molecule has 304 valence electrons. The highest BCUT2D eigenvalue weighted by atomic mass is 16.7. The van der Waals surface area contributed by atoms with Gasteiger partial charge in [0.15, 0.2) is 18.1 Å². The maximum Gasteiger partial charge on any atom is 0.325 e. The second-order valence-electron chi connectivity index (χ2n) is 14.4. The van der Waals surface area contributed by atoms with Crippen LogP contribution in [0.5, 0.6) is 0 Å². The Balaban J connectivity index is 1.34. The summed E-state index contributed by atoms with van der Waals surface area (Å²) in [4.78, 5) is 65.1. The molecule has 2 saturated heterocycles. The van der Waals surface area contributed by atoms with Crippen LogP contribution >= 0.6 is 0 Å². The van der Waals surface area contributed by atoms with Gasteiger partial charge in [0.2, 0.25) is 18.1 Å². The Morgan fingerprint density at radius 1 is 1.00 bits per heavy atom. The van der Waals surface area contributed by atoms with Gasteiger partial charge in [-0.3, -0.25) is 24.1 Å². The first-order valence-electron chi connectivity index (χ1n) is 19.6. The molecule has 0 aromatic rings. The second kappa shape index (κ2) is 21.9. The van der Waals surface area contributed by atoms with Gasteiger partial charge in [0.25, 0.3) is 5.91 Å². The maximum absolute atomic E-state index is 13.1. The van der Waals surface area contributed by atoms with Gasteiger partial charge >= 0.3 is 12.0 Å². The highest BCUT2D eigenvalue weighted by molar-refractivity contribution is 5.95. The average molecular weight is 766 g/mol. The predicted octanol–water partition coefficient (Wildman–Crippen LogP) is 1.58. The number of aliphatic hydroxyl groups is 3. The summed E-state index contributed by atoms with van der Waals surface area (Å²) in [5, 5.41) is 38.7. The molecule has 2 fully saturated rings. The first kappa shape index (κ1) is 43.0. The summed E-state index contributed by atoms with van der Waals surface area (Å²) in [6, 6.07) is -1.61. The summed E-state index contributed by atoms with van der Waals surface area (Å²) >= 11 is 0. The smallest absolute Gasteiger partial charge is 0.325 e. The van der Waals surface area contributed by atoms with E-state index in [4.69, 9.17) is 24.7 Å². The molecule has 0 radical (unpaired) electrons. The summed E-state index contributed by atoms with van der Waals surface area (Å²) in [6.45, 7) is 2.69. The lowest BCUT2D eigenvalue weighted by atomic mass is 10.0. The molecule has 0 aliphatic carbocycles. The number of urea groups is 1. The lowest BCUT2D eigenvalue weighted by molar-refractivity contribution is -0.237. The zero-order valence-corrected chi connectivity index (χ0v) is 31.2. The minimum absolute atomic E-state index is 0.126. The van der Waals surface area contributed by atoms with Gasteiger partial charge in [-0.2, -0.15) is 0 Å². The first-order chi connectivity index (χ1) is 26.0. The Hall–Kier alpha value is -3.77. The fraction of sp³-hybridized carbons (Fsp3) is 0.757. The van der Waals surface area contributed by atoms with Crippen LogP contribution in [0.25, 0.3) is 0 Å². The normalized spacial score (nSPS) is 29.0. The summed E-state index contributed by atoms with van der Waals surface area (Å²) in [5.74, 6) is -3.28. The average Bonchev–Trinajstić information content (AvgIpc) is 3.42. The van der Waals surface area contributed by atoms with E-state index in [0.29, 0.717) is 25.8 Å². The topological polar surface area (TPSA) is 248 Å². The molecule has 0 aromatic carbocycles. The van der Waals surface area contributed by atoms with E-state index in [1.54, 1.807) is 0 Å². The van der Waals surface area contributed by atoms with Crippen LogP contribution in [-0.2, 0) is 38.1 Å². The van der Waals surface area contributed by atoms with Crippen molar-refractivity contribution in [3.8, 4) is 0 Å². The molecule has 0 bridgehead atoms. The number of primary amides is 1. The van der Waals surface area contributed by atoms with E-state index in [9.17, 15) is 39.3 Å². The number of nitrogens with one attached hydrogen (secondary N) is 3. The van der Waals surface area contributed by atoms with Crippen molar-refractivity contribution in [3.63, 3.8) is 0 Å². The van der Waals surface area contributed by atoms with E-state index in [1.165, 1.54) is 57.2 Å². The summed E-state index contributed by atoms with van der Waals surface area (Å²) in [6.07, 6.45) is 7.07. The highest BCUT2D eigenvalue weighted by Crippen LogP contribution is 2.32. The van der Waals surface area contributed by atoms with E-state index < -0.39 is 84.9 Å². The van der Waals surface area contributed by atoms with Gasteiger partial charge in [-0.1, -0.05) is 77.6 Å². The van der Waals surface area contributed by atoms with Gasteiger partial charge < -0.3 is 56.0 Å². The van der Waals surface area contributed by atoms with Crippen LogP contribution in [0, 0.1) is 0 Å². The molecule has 0 saturated carbocycles. The Labute approximate surface area is 316 Å². The van der Waals surface area contributed by atoms with Crippen LogP contribution in [0.3, 0.4) is 0 Å². The quantitative estimate of drug-likeness (QED) is 0.0650. The Bertz CT molecular complexity index is 1330. The third-order valence-electron chi connectivity index (χ3n) is 9.98. The molecule has 54 heavy (non-hydrogen) atoms. The molecule has 0 aromatic heterocycles. The number of nitrogens with zero attached hydrogens (tertiary/aromatic N) is 1. The summed E-state index contributed by atoms with van der Waals surface area (Å²) in [7, 11) is 0. The second-order valence-corrected chi connectivity index (χ2v) is 14.4. The number of aliphatic hydroxyl groups excluding tert-OH is 3. The molecule has 4 aliphatic rings. The number of amides is 5. The maximum atomic E-state index is 13.1. The Kier molecular flexibility index (Phi) is 17.5. The molecule has 1 unspecified atom stereocenters. The van der Waals surface area contributed by atoms with Gasteiger partial charge in [0.1, 0.15) is 30.6 Å². The van der Waals surface area contributed by atoms with Crippen molar-refractivity contribution in [1.82, 2.24) is 20.9 Å². The molecule has 0 spiro atoms.